The molecule has 2 aromatic heterocycles. The molecule has 0 bridgehead atoms. The summed E-state index contributed by atoms with van der Waals surface area (Å²) in [5.41, 5.74) is 4.36. The number of methoxy groups -OCH3 is 1. The van der Waals surface area contributed by atoms with Crippen LogP contribution in [0.3, 0.4) is 0 Å². The minimum absolute atomic E-state index is 0.0289. The highest BCUT2D eigenvalue weighted by Crippen LogP contribution is 2.40. The molecule has 0 unspecified atom stereocenters. The van der Waals surface area contributed by atoms with Crippen molar-refractivity contribution in [3.8, 4) is 11.4 Å². The Bertz CT molecular complexity index is 1210. The topological polar surface area (TPSA) is 42.3 Å². The van der Waals surface area contributed by atoms with Crippen molar-refractivity contribution in [2.24, 2.45) is 0 Å². The molecular formula is C26H24N4OS. The Hall–Kier alpha value is -3.64. The maximum atomic E-state index is 5.83. The molecule has 2 atom stereocenters. The third-order valence-corrected chi connectivity index (χ3v) is 6.16. The molecule has 5 rings (SSSR count). The average Bonchev–Trinajstić information content (AvgIpc) is 3.45. The number of benzene rings is 2. The molecule has 1 aliphatic rings. The monoisotopic (exact) mass is 440 g/mol. The fraction of sp³-hybridized carbons (Fsp3) is 0.154. The van der Waals surface area contributed by atoms with Crippen LogP contribution < -0.4 is 10.1 Å². The van der Waals surface area contributed by atoms with Crippen LogP contribution in [0.5, 0.6) is 5.75 Å². The van der Waals surface area contributed by atoms with Crippen molar-refractivity contribution < 1.29 is 4.74 Å². The van der Waals surface area contributed by atoms with Gasteiger partial charge in [-0.3, -0.25) is 4.98 Å². The molecule has 2 aromatic carbocycles. The lowest BCUT2D eigenvalue weighted by Crippen LogP contribution is -2.30. The van der Waals surface area contributed by atoms with Crippen LogP contribution in [0.25, 0.3) is 5.69 Å². The van der Waals surface area contributed by atoms with Crippen LogP contribution in [0, 0.1) is 0 Å². The number of hydrogen-bond donors (Lipinski definition) is 1. The maximum Gasteiger partial charge on any atom is 0.170 e. The Morgan fingerprint density at radius 3 is 2.59 bits per heavy atom. The molecule has 4 aromatic rings. The predicted octanol–water partition coefficient (Wildman–Crippen LogP) is 5.05. The second-order valence-corrected chi connectivity index (χ2v) is 8.13. The highest BCUT2D eigenvalue weighted by molar-refractivity contribution is 7.80. The van der Waals surface area contributed by atoms with E-state index in [1.807, 2.05) is 42.6 Å². The van der Waals surface area contributed by atoms with Gasteiger partial charge in [0.2, 0.25) is 0 Å². The van der Waals surface area contributed by atoms with Crippen LogP contribution >= 0.6 is 12.2 Å². The highest BCUT2D eigenvalue weighted by Gasteiger charge is 2.41. The van der Waals surface area contributed by atoms with Gasteiger partial charge < -0.3 is 19.5 Å². The molecule has 32 heavy (non-hydrogen) atoms. The molecular weight excluding hydrogens is 416 g/mol. The first-order valence-corrected chi connectivity index (χ1v) is 11.0. The molecule has 6 heteroatoms. The van der Waals surface area contributed by atoms with Crippen molar-refractivity contribution in [1.29, 1.82) is 0 Å². The van der Waals surface area contributed by atoms with E-state index >= 15 is 0 Å². The zero-order valence-corrected chi connectivity index (χ0v) is 18.6. The molecule has 1 saturated heterocycles. The number of hydrogen-bond acceptors (Lipinski definition) is 3. The number of rotatable bonds is 6. The number of pyridine rings is 1. The Labute approximate surface area is 193 Å². The lowest BCUT2D eigenvalue weighted by atomic mass is 10.0. The quantitative estimate of drug-likeness (QED) is 0.425. The Morgan fingerprint density at radius 1 is 0.969 bits per heavy atom. The largest absolute Gasteiger partial charge is 0.497 e. The summed E-state index contributed by atoms with van der Waals surface area (Å²) in [5, 5.41) is 4.27. The molecule has 5 nitrogen and oxygen atoms in total. The van der Waals surface area contributed by atoms with Crippen molar-refractivity contribution >= 4 is 17.3 Å². The smallest absolute Gasteiger partial charge is 0.170 e. The second-order valence-electron chi connectivity index (χ2n) is 7.74. The van der Waals surface area contributed by atoms with Crippen molar-refractivity contribution in [2.45, 2.75) is 18.6 Å². The number of ether oxygens (including phenoxy) is 1. The van der Waals surface area contributed by atoms with Crippen LogP contribution in [-0.2, 0) is 6.54 Å². The van der Waals surface area contributed by atoms with Gasteiger partial charge in [0.1, 0.15) is 5.75 Å². The van der Waals surface area contributed by atoms with Crippen LogP contribution in [0.4, 0.5) is 0 Å². The predicted molar refractivity (Wildman–Crippen MR) is 130 cm³/mol. The van der Waals surface area contributed by atoms with Gasteiger partial charge >= 0.3 is 0 Å². The van der Waals surface area contributed by atoms with Crippen LogP contribution in [-0.4, -0.2) is 26.7 Å². The van der Waals surface area contributed by atoms with E-state index in [0.29, 0.717) is 6.54 Å². The minimum atomic E-state index is -0.0633. The van der Waals surface area contributed by atoms with E-state index in [1.54, 1.807) is 7.11 Å². The number of thiocarbonyl (C=S) groups is 1. The van der Waals surface area contributed by atoms with E-state index in [9.17, 15) is 0 Å². The number of aromatic nitrogens is 2. The van der Waals surface area contributed by atoms with Crippen molar-refractivity contribution in [2.75, 3.05) is 7.11 Å². The highest BCUT2D eigenvalue weighted by atomic mass is 32.1. The van der Waals surface area contributed by atoms with Crippen LogP contribution in [0.1, 0.15) is 29.0 Å². The molecule has 160 valence electrons. The normalized spacial score (nSPS) is 17.9. The molecule has 0 aliphatic carbocycles. The van der Waals surface area contributed by atoms with Gasteiger partial charge in [-0.1, -0.05) is 42.5 Å². The van der Waals surface area contributed by atoms with Gasteiger partial charge in [-0.25, -0.2) is 0 Å². The van der Waals surface area contributed by atoms with E-state index in [1.165, 1.54) is 5.56 Å². The van der Waals surface area contributed by atoms with E-state index in [2.05, 4.69) is 74.5 Å². The Morgan fingerprint density at radius 2 is 1.81 bits per heavy atom. The average molecular weight is 441 g/mol. The van der Waals surface area contributed by atoms with Crippen molar-refractivity contribution in [3.63, 3.8) is 0 Å². The van der Waals surface area contributed by atoms with Crippen LogP contribution in [0.15, 0.2) is 97.3 Å². The first kappa shape index (κ1) is 20.3. The van der Waals surface area contributed by atoms with E-state index in [-0.39, 0.29) is 12.1 Å². The van der Waals surface area contributed by atoms with Crippen molar-refractivity contribution in [1.82, 2.24) is 19.8 Å². The molecule has 3 heterocycles. The molecule has 0 amide bonds. The lowest BCUT2D eigenvalue weighted by Gasteiger charge is -2.29. The van der Waals surface area contributed by atoms with Gasteiger partial charge in [-0.15, -0.1) is 0 Å². The van der Waals surface area contributed by atoms with Gasteiger partial charge in [0, 0.05) is 36.4 Å². The summed E-state index contributed by atoms with van der Waals surface area (Å²) >= 11 is 5.83. The number of nitrogens with one attached hydrogen (secondary N) is 1. The summed E-state index contributed by atoms with van der Waals surface area (Å²) < 4.78 is 7.66. The van der Waals surface area contributed by atoms with Crippen LogP contribution in [0.2, 0.25) is 0 Å². The van der Waals surface area contributed by atoms with Gasteiger partial charge in [0.25, 0.3) is 0 Å². The van der Waals surface area contributed by atoms with E-state index < -0.39 is 0 Å². The summed E-state index contributed by atoms with van der Waals surface area (Å²) in [6.45, 7) is 0.712. The first-order chi connectivity index (χ1) is 15.7. The molecule has 1 N–H and O–H groups in total. The summed E-state index contributed by atoms with van der Waals surface area (Å²) in [7, 11) is 1.69. The maximum absolute atomic E-state index is 5.83. The fourth-order valence-corrected chi connectivity index (χ4v) is 4.61. The minimum Gasteiger partial charge on any atom is -0.497 e. The third kappa shape index (κ3) is 3.85. The van der Waals surface area contributed by atoms with E-state index in [0.717, 1.165) is 27.9 Å². The molecule has 1 aliphatic heterocycles. The summed E-state index contributed by atoms with van der Waals surface area (Å²) in [5.74, 6) is 0.824. The SMILES string of the molecule is COc1cccc(-n2cccc2[C@H]2[C@@H](c3ccccn3)NC(=S)N2Cc2ccccc2)c1. The Balaban J connectivity index is 1.60. The molecule has 0 spiro atoms. The van der Waals surface area contributed by atoms with E-state index in [4.69, 9.17) is 17.0 Å². The zero-order chi connectivity index (χ0) is 21.9. The zero-order valence-electron chi connectivity index (χ0n) is 17.8. The fourth-order valence-electron chi connectivity index (χ4n) is 4.31. The Kier molecular flexibility index (Phi) is 5.60. The van der Waals surface area contributed by atoms with Gasteiger partial charge in [0.05, 0.1) is 24.9 Å². The lowest BCUT2D eigenvalue weighted by molar-refractivity contribution is 0.302. The molecule has 0 saturated carbocycles. The first-order valence-electron chi connectivity index (χ1n) is 10.6. The summed E-state index contributed by atoms with van der Waals surface area (Å²) in [6.07, 6.45) is 3.92. The molecule has 1 fully saturated rings. The van der Waals surface area contributed by atoms with Crippen molar-refractivity contribution in [3.05, 3.63) is 114 Å². The second kappa shape index (κ2) is 8.85. The third-order valence-electron chi connectivity index (χ3n) is 5.81. The van der Waals surface area contributed by atoms with Gasteiger partial charge in [-0.2, -0.15) is 0 Å². The number of nitrogens with zero attached hydrogens (tertiary/aromatic N) is 3. The summed E-state index contributed by atoms with van der Waals surface area (Å²) in [6, 6.07) is 28.7. The standard InChI is InChI=1S/C26H24N4OS/c1-31-21-12-7-11-20(17-21)29-16-8-14-23(29)25-24(22-13-5-6-15-27-22)28-26(32)30(25)18-19-9-3-2-4-10-19/h2-17,24-25H,18H2,1H3,(H,28,32)/t24-,25+/m1/s1. The van der Waals surface area contributed by atoms with Gasteiger partial charge in [0.15, 0.2) is 5.11 Å². The van der Waals surface area contributed by atoms with Gasteiger partial charge in [-0.05, 0) is 54.2 Å². The summed E-state index contributed by atoms with van der Waals surface area (Å²) in [4.78, 5) is 6.91. The molecule has 0 radical (unpaired) electrons.